The third-order valence-electron chi connectivity index (χ3n) is 4.69. The highest BCUT2D eigenvalue weighted by Crippen LogP contribution is 2.37. The number of rotatable bonds is 6. The first-order chi connectivity index (χ1) is 14.2. The van der Waals surface area contributed by atoms with Gasteiger partial charge >= 0.3 is 0 Å². The Balaban J connectivity index is 1.74. The van der Waals surface area contributed by atoms with Gasteiger partial charge in [-0.1, -0.05) is 72.4 Å². The number of aryl methyl sites for hydroxylation is 1. The lowest BCUT2D eigenvalue weighted by atomic mass is 10.0. The summed E-state index contributed by atoms with van der Waals surface area (Å²) in [6.45, 7) is 1.95. The molecule has 0 N–H and O–H groups in total. The summed E-state index contributed by atoms with van der Waals surface area (Å²) < 4.78 is 5.30. The van der Waals surface area contributed by atoms with E-state index in [0.29, 0.717) is 10.7 Å². The second-order valence-corrected chi connectivity index (χ2v) is 7.69. The molecule has 4 nitrogen and oxygen atoms in total. The zero-order chi connectivity index (χ0) is 20.2. The number of benzene rings is 3. The van der Waals surface area contributed by atoms with E-state index in [1.165, 1.54) is 11.8 Å². The zero-order valence-corrected chi connectivity index (χ0v) is 17.0. The summed E-state index contributed by atoms with van der Waals surface area (Å²) >= 11 is 1.38. The number of nitrogens with zero attached hydrogens (tertiary/aromatic N) is 2. The fourth-order valence-electron chi connectivity index (χ4n) is 3.17. The Labute approximate surface area is 174 Å². The molecule has 0 bridgehead atoms. The van der Waals surface area contributed by atoms with Crippen molar-refractivity contribution in [1.29, 1.82) is 0 Å². The topological polar surface area (TPSA) is 52.1 Å². The zero-order valence-electron chi connectivity index (χ0n) is 16.2. The predicted octanol–water partition coefficient (Wildman–Crippen LogP) is 5.66. The molecule has 0 radical (unpaired) electrons. The SMILES string of the molecule is COc1ccc2nc(S[C@@H](C(=O)c3ccccc3)c3ccccc3)nc(C)c2c1. The van der Waals surface area contributed by atoms with E-state index >= 15 is 0 Å². The molecule has 144 valence electrons. The minimum Gasteiger partial charge on any atom is -0.497 e. The number of ether oxygens (including phenoxy) is 1. The molecule has 0 fully saturated rings. The minimum atomic E-state index is -0.423. The summed E-state index contributed by atoms with van der Waals surface area (Å²) in [6, 6.07) is 24.9. The molecule has 5 heteroatoms. The molecule has 1 heterocycles. The number of carbonyl (C=O) groups is 1. The predicted molar refractivity (Wildman–Crippen MR) is 117 cm³/mol. The molecular formula is C24H20N2O2S. The van der Waals surface area contributed by atoms with E-state index in [4.69, 9.17) is 9.72 Å². The van der Waals surface area contributed by atoms with Crippen LogP contribution in [0.1, 0.15) is 26.9 Å². The molecule has 4 rings (SSSR count). The second-order valence-electron chi connectivity index (χ2n) is 6.61. The number of hydrogen-bond donors (Lipinski definition) is 0. The van der Waals surface area contributed by atoms with Crippen molar-refractivity contribution in [2.45, 2.75) is 17.3 Å². The number of thioether (sulfide) groups is 1. The third kappa shape index (κ3) is 4.15. The van der Waals surface area contributed by atoms with Crippen LogP contribution in [0.15, 0.2) is 84.0 Å². The molecule has 0 aliphatic rings. The van der Waals surface area contributed by atoms with Gasteiger partial charge in [0.25, 0.3) is 0 Å². The molecule has 3 aromatic carbocycles. The van der Waals surface area contributed by atoms with Gasteiger partial charge < -0.3 is 4.74 Å². The van der Waals surface area contributed by atoms with E-state index in [1.54, 1.807) is 7.11 Å². The van der Waals surface area contributed by atoms with Gasteiger partial charge in [0, 0.05) is 16.6 Å². The molecule has 0 aliphatic carbocycles. The average Bonchev–Trinajstić information content (AvgIpc) is 2.78. The molecule has 4 aromatic rings. The van der Waals surface area contributed by atoms with Gasteiger partial charge in [0.05, 0.1) is 12.6 Å². The summed E-state index contributed by atoms with van der Waals surface area (Å²) in [5.41, 5.74) is 3.30. The molecule has 0 amide bonds. The standard InChI is InChI=1S/C24H20N2O2S/c1-16-20-15-19(28-2)13-14-21(20)26-24(25-16)29-23(18-11-7-4-8-12-18)22(27)17-9-5-3-6-10-17/h3-15,23H,1-2H3/t23-/m1/s1. The summed E-state index contributed by atoms with van der Waals surface area (Å²) in [4.78, 5) is 22.6. The van der Waals surface area contributed by atoms with Crippen LogP contribution in [0.25, 0.3) is 10.9 Å². The summed E-state index contributed by atoms with van der Waals surface area (Å²) in [7, 11) is 1.64. The molecule has 29 heavy (non-hydrogen) atoms. The van der Waals surface area contributed by atoms with Crippen LogP contribution in [-0.4, -0.2) is 22.9 Å². The lowest BCUT2D eigenvalue weighted by Crippen LogP contribution is -2.11. The van der Waals surface area contributed by atoms with Crippen molar-refractivity contribution in [2.75, 3.05) is 7.11 Å². The number of hydrogen-bond acceptors (Lipinski definition) is 5. The largest absolute Gasteiger partial charge is 0.497 e. The van der Waals surface area contributed by atoms with Gasteiger partial charge in [-0.3, -0.25) is 4.79 Å². The van der Waals surface area contributed by atoms with Crippen LogP contribution in [0.2, 0.25) is 0 Å². The van der Waals surface area contributed by atoms with E-state index < -0.39 is 5.25 Å². The first-order valence-electron chi connectivity index (χ1n) is 9.29. The van der Waals surface area contributed by atoms with Crippen LogP contribution in [0.4, 0.5) is 0 Å². The highest BCUT2D eigenvalue weighted by atomic mass is 32.2. The third-order valence-corrected chi connectivity index (χ3v) is 5.81. The Morgan fingerprint density at radius 1 is 0.931 bits per heavy atom. The number of fused-ring (bicyclic) bond motifs is 1. The van der Waals surface area contributed by atoms with E-state index in [0.717, 1.165) is 27.9 Å². The maximum Gasteiger partial charge on any atom is 0.189 e. The number of aromatic nitrogens is 2. The molecular weight excluding hydrogens is 380 g/mol. The van der Waals surface area contributed by atoms with Crippen molar-refractivity contribution in [3.05, 3.63) is 95.7 Å². The molecule has 0 saturated heterocycles. The van der Waals surface area contributed by atoms with Gasteiger partial charge in [-0.25, -0.2) is 9.97 Å². The lowest BCUT2D eigenvalue weighted by Gasteiger charge is -2.16. The van der Waals surface area contributed by atoms with E-state index in [-0.39, 0.29) is 5.78 Å². The van der Waals surface area contributed by atoms with Gasteiger partial charge in [0.1, 0.15) is 11.0 Å². The number of ketones is 1. The van der Waals surface area contributed by atoms with E-state index in [1.807, 2.05) is 85.8 Å². The van der Waals surface area contributed by atoms with Crippen LogP contribution >= 0.6 is 11.8 Å². The van der Waals surface area contributed by atoms with Gasteiger partial charge in [0.2, 0.25) is 0 Å². The highest BCUT2D eigenvalue weighted by Gasteiger charge is 2.25. The molecule has 1 aromatic heterocycles. The van der Waals surface area contributed by atoms with Crippen molar-refractivity contribution in [2.24, 2.45) is 0 Å². The second kappa shape index (κ2) is 8.45. The highest BCUT2D eigenvalue weighted by molar-refractivity contribution is 8.00. The van der Waals surface area contributed by atoms with Crippen LogP contribution in [0.3, 0.4) is 0 Å². The summed E-state index contributed by atoms with van der Waals surface area (Å²) in [5.74, 6) is 0.809. The van der Waals surface area contributed by atoms with Crippen LogP contribution in [0, 0.1) is 6.92 Å². The first kappa shape index (κ1) is 19.2. The monoisotopic (exact) mass is 400 g/mol. The van der Waals surface area contributed by atoms with Crippen molar-refractivity contribution in [1.82, 2.24) is 9.97 Å². The molecule has 0 spiro atoms. The number of Topliss-reactive ketones (excluding diaryl/α,β-unsaturated/α-hetero) is 1. The maximum absolute atomic E-state index is 13.3. The number of carbonyl (C=O) groups excluding carboxylic acids is 1. The van der Waals surface area contributed by atoms with E-state index in [9.17, 15) is 4.79 Å². The Morgan fingerprint density at radius 2 is 1.62 bits per heavy atom. The normalized spacial score (nSPS) is 11.9. The van der Waals surface area contributed by atoms with Crippen LogP contribution in [-0.2, 0) is 0 Å². The van der Waals surface area contributed by atoms with Crippen molar-refractivity contribution in [3.63, 3.8) is 0 Å². The molecule has 0 unspecified atom stereocenters. The summed E-state index contributed by atoms with van der Waals surface area (Å²) in [5, 5.41) is 1.10. The molecule has 0 saturated carbocycles. The minimum absolute atomic E-state index is 0.0397. The van der Waals surface area contributed by atoms with Gasteiger partial charge in [0.15, 0.2) is 10.9 Å². The Bertz CT molecular complexity index is 1150. The average molecular weight is 401 g/mol. The number of methoxy groups -OCH3 is 1. The molecule has 0 aliphatic heterocycles. The smallest absolute Gasteiger partial charge is 0.189 e. The van der Waals surface area contributed by atoms with Gasteiger partial charge in [-0.2, -0.15) is 0 Å². The van der Waals surface area contributed by atoms with Crippen LogP contribution in [0.5, 0.6) is 5.75 Å². The first-order valence-corrected chi connectivity index (χ1v) is 10.2. The quantitative estimate of drug-likeness (QED) is 0.237. The van der Waals surface area contributed by atoms with Gasteiger partial charge in [-0.05, 0) is 30.7 Å². The Kier molecular flexibility index (Phi) is 5.58. The summed E-state index contributed by atoms with van der Waals surface area (Å²) in [6.07, 6.45) is 0. The van der Waals surface area contributed by atoms with Crippen molar-refractivity contribution >= 4 is 28.4 Å². The van der Waals surface area contributed by atoms with E-state index in [2.05, 4.69) is 4.98 Å². The van der Waals surface area contributed by atoms with Crippen molar-refractivity contribution < 1.29 is 9.53 Å². The molecule has 1 atom stereocenters. The maximum atomic E-state index is 13.3. The lowest BCUT2D eigenvalue weighted by molar-refractivity contribution is 0.0989. The van der Waals surface area contributed by atoms with Crippen LogP contribution < -0.4 is 4.74 Å². The Hall–Kier alpha value is -3.18. The Morgan fingerprint density at radius 3 is 2.31 bits per heavy atom. The van der Waals surface area contributed by atoms with Crippen molar-refractivity contribution in [3.8, 4) is 5.75 Å². The fraction of sp³-hybridized carbons (Fsp3) is 0.125. The fourth-order valence-corrected chi connectivity index (χ4v) is 4.26. The van der Waals surface area contributed by atoms with Gasteiger partial charge in [-0.15, -0.1) is 0 Å².